The highest BCUT2D eigenvalue weighted by Gasteiger charge is 2.16. The van der Waals surface area contributed by atoms with Gasteiger partial charge in [0.05, 0.1) is 11.3 Å². The first-order chi connectivity index (χ1) is 13.5. The van der Waals surface area contributed by atoms with Crippen molar-refractivity contribution in [3.8, 4) is 0 Å². The second kappa shape index (κ2) is 9.68. The lowest BCUT2D eigenvalue weighted by Crippen LogP contribution is -2.46. The van der Waals surface area contributed by atoms with Crippen LogP contribution in [-0.2, 0) is 0 Å². The maximum atomic E-state index is 12.6. The van der Waals surface area contributed by atoms with Gasteiger partial charge in [-0.25, -0.2) is 0 Å². The highest BCUT2D eigenvalue weighted by Crippen LogP contribution is 2.17. The summed E-state index contributed by atoms with van der Waals surface area (Å²) in [6, 6.07) is 13.6. The fraction of sp³-hybridized carbons (Fsp3) is 0.333. The van der Waals surface area contributed by atoms with Crippen molar-refractivity contribution in [1.82, 2.24) is 15.1 Å². The van der Waals surface area contributed by atoms with E-state index < -0.39 is 0 Å². The molecular weight excluding hydrogens is 376 g/mol. The fourth-order valence-electron chi connectivity index (χ4n) is 3.08. The first kappa shape index (κ1) is 20.3. The van der Waals surface area contributed by atoms with E-state index in [4.69, 9.17) is 11.6 Å². The van der Waals surface area contributed by atoms with Gasteiger partial charge in [0.1, 0.15) is 0 Å². The second-order valence-corrected chi connectivity index (χ2v) is 7.34. The van der Waals surface area contributed by atoms with Gasteiger partial charge in [-0.2, -0.15) is 0 Å². The highest BCUT2D eigenvalue weighted by molar-refractivity contribution is 6.30. The number of hydrogen-bond donors (Lipinski definition) is 2. The van der Waals surface area contributed by atoms with Gasteiger partial charge in [0.2, 0.25) is 0 Å². The Bertz CT molecular complexity index is 817. The summed E-state index contributed by atoms with van der Waals surface area (Å²) < 4.78 is 0. The molecule has 6 nitrogen and oxygen atoms in total. The molecule has 2 aromatic rings. The van der Waals surface area contributed by atoms with Crippen LogP contribution >= 0.6 is 11.6 Å². The first-order valence-corrected chi connectivity index (χ1v) is 9.76. The van der Waals surface area contributed by atoms with E-state index in [2.05, 4.69) is 27.5 Å². The molecule has 148 valence electrons. The molecule has 1 aliphatic heterocycles. The Kier molecular flexibility index (Phi) is 7.03. The molecule has 0 radical (unpaired) electrons. The van der Waals surface area contributed by atoms with Crippen molar-refractivity contribution in [2.75, 3.05) is 51.6 Å². The standard InChI is InChI=1S/C21H25ClN4O2/c1-25-12-14-26(15-13-25)11-10-23-21(28)18-4-2-3-5-19(18)24-20(27)16-6-8-17(22)9-7-16/h2-9H,10-15H2,1H3,(H,23,28)(H,24,27). The third-order valence-electron chi connectivity index (χ3n) is 4.84. The normalized spacial score (nSPS) is 15.2. The van der Waals surface area contributed by atoms with Crippen molar-refractivity contribution in [3.63, 3.8) is 0 Å². The number of para-hydroxylation sites is 1. The van der Waals surface area contributed by atoms with Crippen LogP contribution in [0.15, 0.2) is 48.5 Å². The molecule has 1 fully saturated rings. The minimum atomic E-state index is -0.283. The fourth-order valence-corrected chi connectivity index (χ4v) is 3.21. The SMILES string of the molecule is CN1CCN(CCNC(=O)c2ccccc2NC(=O)c2ccc(Cl)cc2)CC1. The van der Waals surface area contributed by atoms with Crippen LogP contribution in [0.25, 0.3) is 0 Å². The summed E-state index contributed by atoms with van der Waals surface area (Å²) >= 11 is 5.86. The van der Waals surface area contributed by atoms with Crippen LogP contribution in [0.1, 0.15) is 20.7 Å². The predicted octanol–water partition coefficient (Wildman–Crippen LogP) is 2.57. The van der Waals surface area contributed by atoms with Gasteiger partial charge in [-0.05, 0) is 43.4 Å². The van der Waals surface area contributed by atoms with Crippen LogP contribution in [0.5, 0.6) is 0 Å². The van der Waals surface area contributed by atoms with Crippen LogP contribution in [0.2, 0.25) is 5.02 Å². The number of hydrogen-bond acceptors (Lipinski definition) is 4. The molecular formula is C21H25ClN4O2. The van der Waals surface area contributed by atoms with Gasteiger partial charge in [0.25, 0.3) is 11.8 Å². The smallest absolute Gasteiger partial charge is 0.255 e. The van der Waals surface area contributed by atoms with Crippen LogP contribution in [0.4, 0.5) is 5.69 Å². The molecule has 0 saturated carbocycles. The zero-order chi connectivity index (χ0) is 19.9. The third kappa shape index (κ3) is 5.55. The van der Waals surface area contributed by atoms with E-state index >= 15 is 0 Å². The summed E-state index contributed by atoms with van der Waals surface area (Å²) in [7, 11) is 2.12. The van der Waals surface area contributed by atoms with E-state index in [9.17, 15) is 9.59 Å². The average molecular weight is 401 g/mol. The van der Waals surface area contributed by atoms with Crippen LogP contribution in [-0.4, -0.2) is 67.9 Å². The Morgan fingerprint density at radius 2 is 1.64 bits per heavy atom. The van der Waals surface area contributed by atoms with Gasteiger partial charge in [0.15, 0.2) is 0 Å². The minimum Gasteiger partial charge on any atom is -0.351 e. The summed E-state index contributed by atoms with van der Waals surface area (Å²) in [5, 5.41) is 6.33. The molecule has 1 aliphatic rings. The number of likely N-dealkylation sites (N-methyl/N-ethyl adjacent to an activating group) is 1. The number of nitrogens with one attached hydrogen (secondary N) is 2. The molecule has 3 rings (SSSR count). The van der Waals surface area contributed by atoms with Crippen molar-refractivity contribution in [3.05, 3.63) is 64.7 Å². The number of halogens is 1. The van der Waals surface area contributed by atoms with Crippen molar-refractivity contribution in [1.29, 1.82) is 0 Å². The lowest BCUT2D eigenvalue weighted by atomic mass is 10.1. The van der Waals surface area contributed by atoms with Crippen molar-refractivity contribution >= 4 is 29.1 Å². The van der Waals surface area contributed by atoms with E-state index in [1.165, 1.54) is 0 Å². The Balaban J connectivity index is 1.57. The Labute approximate surface area is 170 Å². The lowest BCUT2D eigenvalue weighted by molar-refractivity contribution is 0.0942. The number of benzene rings is 2. The minimum absolute atomic E-state index is 0.193. The summed E-state index contributed by atoms with van der Waals surface area (Å²) in [5.74, 6) is -0.476. The van der Waals surface area contributed by atoms with Gasteiger partial charge >= 0.3 is 0 Å². The number of carbonyl (C=O) groups is 2. The quantitative estimate of drug-likeness (QED) is 0.782. The van der Waals surface area contributed by atoms with Gasteiger partial charge < -0.3 is 15.5 Å². The number of amides is 2. The number of anilines is 1. The molecule has 2 amide bonds. The number of nitrogens with zero attached hydrogens (tertiary/aromatic N) is 2. The maximum Gasteiger partial charge on any atom is 0.255 e. The van der Waals surface area contributed by atoms with Crippen LogP contribution < -0.4 is 10.6 Å². The number of piperazine rings is 1. The van der Waals surface area contributed by atoms with E-state index in [-0.39, 0.29) is 11.8 Å². The zero-order valence-corrected chi connectivity index (χ0v) is 16.7. The summed E-state index contributed by atoms with van der Waals surface area (Å²) in [6.07, 6.45) is 0. The van der Waals surface area contributed by atoms with Gasteiger partial charge in [-0.15, -0.1) is 0 Å². The molecule has 1 saturated heterocycles. The van der Waals surface area contributed by atoms with Crippen LogP contribution in [0.3, 0.4) is 0 Å². The summed E-state index contributed by atoms with van der Waals surface area (Å²) in [5.41, 5.74) is 1.41. The topological polar surface area (TPSA) is 64.7 Å². The van der Waals surface area contributed by atoms with E-state index in [0.29, 0.717) is 28.4 Å². The molecule has 0 spiro atoms. The molecule has 28 heavy (non-hydrogen) atoms. The summed E-state index contributed by atoms with van der Waals surface area (Å²) in [4.78, 5) is 29.7. The molecule has 0 atom stereocenters. The Hall–Kier alpha value is -2.41. The van der Waals surface area contributed by atoms with Crippen molar-refractivity contribution < 1.29 is 9.59 Å². The monoisotopic (exact) mass is 400 g/mol. The average Bonchev–Trinajstić information content (AvgIpc) is 2.70. The molecule has 0 aliphatic carbocycles. The molecule has 7 heteroatoms. The molecule has 2 aromatic carbocycles. The third-order valence-corrected chi connectivity index (χ3v) is 5.09. The molecule has 1 heterocycles. The molecule has 0 bridgehead atoms. The Morgan fingerprint density at radius 3 is 2.36 bits per heavy atom. The molecule has 0 unspecified atom stereocenters. The largest absolute Gasteiger partial charge is 0.351 e. The maximum absolute atomic E-state index is 12.6. The second-order valence-electron chi connectivity index (χ2n) is 6.91. The summed E-state index contributed by atoms with van der Waals surface area (Å²) in [6.45, 7) is 5.52. The van der Waals surface area contributed by atoms with E-state index in [0.717, 1.165) is 32.7 Å². The van der Waals surface area contributed by atoms with Gasteiger partial charge in [0, 0.05) is 49.9 Å². The van der Waals surface area contributed by atoms with Gasteiger partial charge in [-0.3, -0.25) is 14.5 Å². The number of rotatable bonds is 6. The van der Waals surface area contributed by atoms with E-state index in [1.54, 1.807) is 48.5 Å². The van der Waals surface area contributed by atoms with Gasteiger partial charge in [-0.1, -0.05) is 23.7 Å². The zero-order valence-electron chi connectivity index (χ0n) is 16.0. The van der Waals surface area contributed by atoms with Crippen LogP contribution in [0, 0.1) is 0 Å². The number of carbonyl (C=O) groups excluding carboxylic acids is 2. The lowest BCUT2D eigenvalue weighted by Gasteiger charge is -2.32. The van der Waals surface area contributed by atoms with Crippen molar-refractivity contribution in [2.24, 2.45) is 0 Å². The predicted molar refractivity (Wildman–Crippen MR) is 112 cm³/mol. The Morgan fingerprint density at radius 1 is 0.964 bits per heavy atom. The highest BCUT2D eigenvalue weighted by atomic mass is 35.5. The molecule has 0 aromatic heterocycles. The molecule has 2 N–H and O–H groups in total. The van der Waals surface area contributed by atoms with Crippen molar-refractivity contribution in [2.45, 2.75) is 0 Å². The first-order valence-electron chi connectivity index (χ1n) is 9.38. The van der Waals surface area contributed by atoms with E-state index in [1.807, 2.05) is 0 Å².